The van der Waals surface area contributed by atoms with E-state index in [2.05, 4.69) is 5.32 Å². The van der Waals surface area contributed by atoms with Crippen LogP contribution in [-0.2, 0) is 4.79 Å². The summed E-state index contributed by atoms with van der Waals surface area (Å²) in [5.74, 6) is 2.45. The number of amides is 1. The average molecular weight is 308 g/mol. The van der Waals surface area contributed by atoms with Gasteiger partial charge in [0.1, 0.15) is 17.2 Å². The minimum atomic E-state index is 0.147. The van der Waals surface area contributed by atoms with Crippen LogP contribution in [0.3, 0.4) is 0 Å². The Morgan fingerprint density at radius 2 is 1.77 bits per heavy atom. The van der Waals surface area contributed by atoms with Crippen LogP contribution in [0.1, 0.15) is 6.42 Å². The molecule has 1 aliphatic heterocycles. The normalized spacial score (nSPS) is 14.1. The molecule has 2 rings (SSSR count). The fraction of sp³-hybridized carbons (Fsp3) is 0.562. The van der Waals surface area contributed by atoms with Crippen molar-refractivity contribution in [3.05, 3.63) is 18.2 Å². The second-order valence-electron chi connectivity index (χ2n) is 5.37. The minimum absolute atomic E-state index is 0.147. The molecular formula is C16H24N2O4. The van der Waals surface area contributed by atoms with E-state index in [1.54, 1.807) is 25.2 Å². The molecule has 1 N–H and O–H groups in total. The number of hydrogen-bond donors (Lipinski definition) is 1. The lowest BCUT2D eigenvalue weighted by molar-refractivity contribution is -0.135. The van der Waals surface area contributed by atoms with Crippen LogP contribution >= 0.6 is 0 Å². The largest absolute Gasteiger partial charge is 0.496 e. The number of carbonyl (C=O) groups is 1. The first-order chi connectivity index (χ1) is 10.6. The van der Waals surface area contributed by atoms with E-state index >= 15 is 0 Å². The lowest BCUT2D eigenvalue weighted by Gasteiger charge is -2.30. The van der Waals surface area contributed by atoms with Crippen LogP contribution in [0.25, 0.3) is 0 Å². The molecule has 122 valence electrons. The number of rotatable bonds is 8. The first-order valence-electron chi connectivity index (χ1n) is 7.45. The summed E-state index contributed by atoms with van der Waals surface area (Å²) in [5.41, 5.74) is 0. The van der Waals surface area contributed by atoms with E-state index < -0.39 is 0 Å². The predicted molar refractivity (Wildman–Crippen MR) is 83.7 cm³/mol. The summed E-state index contributed by atoms with van der Waals surface area (Å²) in [6, 6.07) is 5.43. The highest BCUT2D eigenvalue weighted by Gasteiger charge is 2.27. The molecule has 1 saturated heterocycles. The summed E-state index contributed by atoms with van der Waals surface area (Å²) >= 11 is 0. The van der Waals surface area contributed by atoms with Crippen LogP contribution in [0.5, 0.6) is 17.2 Å². The maximum atomic E-state index is 12.0. The van der Waals surface area contributed by atoms with Crippen molar-refractivity contribution in [3.63, 3.8) is 0 Å². The summed E-state index contributed by atoms with van der Waals surface area (Å²) in [4.78, 5) is 13.7. The highest BCUT2D eigenvalue weighted by Crippen LogP contribution is 2.27. The van der Waals surface area contributed by atoms with Gasteiger partial charge in [-0.1, -0.05) is 0 Å². The molecule has 6 heteroatoms. The molecule has 0 spiro atoms. The fourth-order valence-electron chi connectivity index (χ4n) is 2.24. The van der Waals surface area contributed by atoms with Crippen LogP contribution in [-0.4, -0.2) is 58.3 Å². The van der Waals surface area contributed by atoms with Gasteiger partial charge in [0.2, 0.25) is 5.91 Å². The Morgan fingerprint density at radius 1 is 1.18 bits per heavy atom. The van der Waals surface area contributed by atoms with Crippen LogP contribution in [0.4, 0.5) is 0 Å². The number of carbonyl (C=O) groups excluding carboxylic acids is 1. The number of benzene rings is 1. The van der Waals surface area contributed by atoms with Crippen molar-refractivity contribution in [2.45, 2.75) is 6.42 Å². The van der Waals surface area contributed by atoms with E-state index in [-0.39, 0.29) is 11.8 Å². The molecule has 1 aromatic carbocycles. The molecule has 0 radical (unpaired) electrons. The van der Waals surface area contributed by atoms with Crippen molar-refractivity contribution in [2.75, 3.05) is 47.5 Å². The quantitative estimate of drug-likeness (QED) is 0.730. The molecule has 1 amide bonds. The summed E-state index contributed by atoms with van der Waals surface area (Å²) in [5, 5.41) is 3.11. The Hall–Kier alpha value is -1.95. The monoisotopic (exact) mass is 308 g/mol. The van der Waals surface area contributed by atoms with E-state index in [1.165, 1.54) is 0 Å². The van der Waals surface area contributed by atoms with E-state index in [1.807, 2.05) is 19.2 Å². The molecule has 0 bridgehead atoms. The molecule has 0 atom stereocenters. The van der Waals surface area contributed by atoms with E-state index in [0.717, 1.165) is 19.5 Å². The minimum Gasteiger partial charge on any atom is -0.496 e. The Morgan fingerprint density at radius 3 is 2.27 bits per heavy atom. The summed E-state index contributed by atoms with van der Waals surface area (Å²) in [6.07, 6.45) is 0.780. The van der Waals surface area contributed by atoms with Crippen LogP contribution in [0, 0.1) is 5.92 Å². The third kappa shape index (κ3) is 4.27. The smallest absolute Gasteiger partial charge is 0.227 e. The number of nitrogens with one attached hydrogen (secondary N) is 1. The van der Waals surface area contributed by atoms with Gasteiger partial charge in [-0.05, 0) is 6.42 Å². The average Bonchev–Trinajstić information content (AvgIpc) is 2.49. The van der Waals surface area contributed by atoms with Gasteiger partial charge in [0.15, 0.2) is 0 Å². The Balaban J connectivity index is 1.75. The molecular weight excluding hydrogens is 284 g/mol. The third-order valence-corrected chi connectivity index (χ3v) is 3.74. The SMILES string of the molecule is COc1cc(OC)cc(OCCCN(C)C(=O)C2CNC2)c1. The zero-order valence-corrected chi connectivity index (χ0v) is 13.4. The summed E-state index contributed by atoms with van der Waals surface area (Å²) in [7, 11) is 5.05. The van der Waals surface area contributed by atoms with Gasteiger partial charge in [0.25, 0.3) is 0 Å². The maximum Gasteiger partial charge on any atom is 0.227 e. The van der Waals surface area contributed by atoms with E-state index in [9.17, 15) is 4.79 Å². The highest BCUT2D eigenvalue weighted by atomic mass is 16.5. The molecule has 6 nitrogen and oxygen atoms in total. The van der Waals surface area contributed by atoms with Crippen LogP contribution < -0.4 is 19.5 Å². The van der Waals surface area contributed by atoms with Gasteiger partial charge in [-0.3, -0.25) is 4.79 Å². The molecule has 0 saturated carbocycles. The van der Waals surface area contributed by atoms with E-state index in [4.69, 9.17) is 14.2 Å². The lowest BCUT2D eigenvalue weighted by Crippen LogP contribution is -2.51. The maximum absolute atomic E-state index is 12.0. The van der Waals surface area contributed by atoms with Gasteiger partial charge in [-0.15, -0.1) is 0 Å². The highest BCUT2D eigenvalue weighted by molar-refractivity contribution is 5.79. The van der Waals surface area contributed by atoms with Gasteiger partial charge in [0, 0.05) is 44.9 Å². The number of ether oxygens (including phenoxy) is 3. The van der Waals surface area contributed by atoms with Crippen LogP contribution in [0.15, 0.2) is 18.2 Å². The molecule has 1 aromatic rings. The molecule has 1 aliphatic rings. The van der Waals surface area contributed by atoms with Gasteiger partial charge in [-0.2, -0.15) is 0 Å². The molecule has 0 unspecified atom stereocenters. The Bertz CT molecular complexity index is 481. The van der Waals surface area contributed by atoms with Gasteiger partial charge in [0.05, 0.1) is 26.7 Å². The fourth-order valence-corrected chi connectivity index (χ4v) is 2.24. The van der Waals surface area contributed by atoms with Crippen LogP contribution in [0.2, 0.25) is 0 Å². The van der Waals surface area contributed by atoms with Gasteiger partial charge < -0.3 is 24.4 Å². The molecule has 22 heavy (non-hydrogen) atoms. The second-order valence-corrected chi connectivity index (χ2v) is 5.37. The van der Waals surface area contributed by atoms with Gasteiger partial charge >= 0.3 is 0 Å². The standard InChI is InChI=1S/C16H24N2O4/c1-18(16(19)12-10-17-11-12)5-4-6-22-15-8-13(20-2)7-14(9-15)21-3/h7-9,12,17H,4-6,10-11H2,1-3H3. The zero-order valence-electron chi connectivity index (χ0n) is 13.4. The number of methoxy groups -OCH3 is 2. The first-order valence-corrected chi connectivity index (χ1v) is 7.45. The molecule has 1 heterocycles. The predicted octanol–water partition coefficient (Wildman–Crippen LogP) is 1.15. The van der Waals surface area contributed by atoms with Crippen molar-refractivity contribution in [1.82, 2.24) is 10.2 Å². The molecule has 0 aromatic heterocycles. The second kappa shape index (κ2) is 7.89. The number of hydrogen-bond acceptors (Lipinski definition) is 5. The summed E-state index contributed by atoms with van der Waals surface area (Å²) < 4.78 is 16.1. The summed E-state index contributed by atoms with van der Waals surface area (Å²) in [6.45, 7) is 2.82. The van der Waals surface area contributed by atoms with Crippen molar-refractivity contribution < 1.29 is 19.0 Å². The zero-order chi connectivity index (χ0) is 15.9. The van der Waals surface area contributed by atoms with Crippen molar-refractivity contribution in [2.24, 2.45) is 5.92 Å². The molecule has 1 fully saturated rings. The van der Waals surface area contributed by atoms with Crippen molar-refractivity contribution in [1.29, 1.82) is 0 Å². The van der Waals surface area contributed by atoms with Crippen molar-refractivity contribution >= 4 is 5.91 Å². The first kappa shape index (κ1) is 16.4. The van der Waals surface area contributed by atoms with Gasteiger partial charge in [-0.25, -0.2) is 0 Å². The third-order valence-electron chi connectivity index (χ3n) is 3.74. The van der Waals surface area contributed by atoms with Crippen molar-refractivity contribution in [3.8, 4) is 17.2 Å². The van der Waals surface area contributed by atoms with E-state index in [0.29, 0.717) is 30.4 Å². The topological polar surface area (TPSA) is 60.0 Å². The lowest BCUT2D eigenvalue weighted by atomic mass is 10.0. The molecule has 0 aliphatic carbocycles. The number of nitrogens with zero attached hydrogens (tertiary/aromatic N) is 1. The Kier molecular flexibility index (Phi) is 5.89. The Labute approximate surface area is 131 Å².